The first kappa shape index (κ1) is 13.7. The van der Waals surface area contributed by atoms with Gasteiger partial charge in [0.15, 0.2) is 0 Å². The molecule has 1 unspecified atom stereocenters. The highest BCUT2D eigenvalue weighted by Crippen LogP contribution is 2.22. The molecular formula is C13H18N4OS. The van der Waals surface area contributed by atoms with E-state index in [0.717, 1.165) is 10.7 Å². The molecule has 6 heteroatoms. The number of aryl methyl sites for hydroxylation is 1. The van der Waals surface area contributed by atoms with Gasteiger partial charge in [0.25, 0.3) is 5.91 Å². The summed E-state index contributed by atoms with van der Waals surface area (Å²) >= 11 is 1.68. The monoisotopic (exact) mass is 278 g/mol. The molecule has 1 amide bonds. The zero-order chi connectivity index (χ0) is 14.0. The minimum absolute atomic E-state index is 0.0350. The van der Waals surface area contributed by atoms with Crippen molar-refractivity contribution in [3.8, 4) is 0 Å². The summed E-state index contributed by atoms with van der Waals surface area (Å²) in [5, 5.41) is 9.63. The number of thiophene rings is 1. The Labute approximate surface area is 116 Å². The summed E-state index contributed by atoms with van der Waals surface area (Å²) in [7, 11) is 0. The molecule has 2 aromatic heterocycles. The van der Waals surface area contributed by atoms with Gasteiger partial charge < -0.3 is 5.32 Å². The molecule has 0 fully saturated rings. The van der Waals surface area contributed by atoms with E-state index in [-0.39, 0.29) is 23.7 Å². The summed E-state index contributed by atoms with van der Waals surface area (Å²) < 4.78 is 0. The van der Waals surface area contributed by atoms with Gasteiger partial charge in [-0.05, 0) is 26.0 Å². The highest BCUT2D eigenvalue weighted by molar-refractivity contribution is 7.12. The van der Waals surface area contributed by atoms with Gasteiger partial charge in [-0.2, -0.15) is 0 Å². The number of amides is 1. The SMILES string of the molecule is Cc1ccc(C(C)NC(=O)c2n[nH]c(C(C)C)n2)s1. The quantitative estimate of drug-likeness (QED) is 0.903. The van der Waals surface area contributed by atoms with Crippen LogP contribution in [0.4, 0.5) is 0 Å². The Bertz CT molecular complexity index is 573. The fourth-order valence-corrected chi connectivity index (χ4v) is 2.53. The first-order valence-corrected chi connectivity index (χ1v) is 7.08. The molecule has 0 radical (unpaired) electrons. The summed E-state index contributed by atoms with van der Waals surface area (Å²) in [5.41, 5.74) is 0. The summed E-state index contributed by atoms with van der Waals surface area (Å²) in [6.45, 7) is 8.00. The van der Waals surface area contributed by atoms with E-state index in [0.29, 0.717) is 0 Å². The van der Waals surface area contributed by atoms with Crippen LogP contribution in [-0.2, 0) is 0 Å². The molecule has 0 spiro atoms. The number of aromatic amines is 1. The molecule has 19 heavy (non-hydrogen) atoms. The molecule has 2 heterocycles. The Morgan fingerprint density at radius 1 is 1.37 bits per heavy atom. The molecule has 0 saturated carbocycles. The van der Waals surface area contributed by atoms with Gasteiger partial charge in [-0.15, -0.1) is 16.4 Å². The van der Waals surface area contributed by atoms with E-state index in [1.807, 2.05) is 39.8 Å². The van der Waals surface area contributed by atoms with Crippen LogP contribution in [0, 0.1) is 6.92 Å². The molecule has 2 N–H and O–H groups in total. The molecule has 0 aliphatic carbocycles. The third-order valence-electron chi connectivity index (χ3n) is 2.79. The van der Waals surface area contributed by atoms with Crippen molar-refractivity contribution in [2.75, 3.05) is 0 Å². The Balaban J connectivity index is 2.04. The zero-order valence-electron chi connectivity index (χ0n) is 11.5. The first-order valence-electron chi connectivity index (χ1n) is 6.27. The lowest BCUT2D eigenvalue weighted by molar-refractivity contribution is 0.0930. The standard InChI is InChI=1S/C13H18N4OS/c1-7(2)11-15-12(17-16-11)13(18)14-9(4)10-6-5-8(3)19-10/h5-7,9H,1-4H3,(H,14,18)(H,15,16,17). The zero-order valence-corrected chi connectivity index (χ0v) is 12.3. The molecule has 0 aromatic carbocycles. The number of nitrogens with one attached hydrogen (secondary N) is 2. The minimum atomic E-state index is -0.248. The van der Waals surface area contributed by atoms with Crippen LogP contribution in [0.15, 0.2) is 12.1 Å². The first-order chi connectivity index (χ1) is 8.97. The van der Waals surface area contributed by atoms with Crippen molar-refractivity contribution in [1.82, 2.24) is 20.5 Å². The second kappa shape index (κ2) is 5.52. The average Bonchev–Trinajstić information content (AvgIpc) is 2.96. The van der Waals surface area contributed by atoms with E-state index in [9.17, 15) is 4.79 Å². The smallest absolute Gasteiger partial charge is 0.291 e. The molecule has 2 rings (SSSR count). The van der Waals surface area contributed by atoms with E-state index in [1.54, 1.807) is 11.3 Å². The molecule has 0 aliphatic heterocycles. The second-order valence-corrected chi connectivity index (χ2v) is 6.16. The van der Waals surface area contributed by atoms with Gasteiger partial charge in [0.2, 0.25) is 5.82 Å². The summed E-state index contributed by atoms with van der Waals surface area (Å²) in [5.74, 6) is 0.904. The lowest BCUT2D eigenvalue weighted by Gasteiger charge is -2.10. The van der Waals surface area contributed by atoms with Crippen LogP contribution in [0.25, 0.3) is 0 Å². The van der Waals surface area contributed by atoms with Crippen LogP contribution in [-0.4, -0.2) is 21.1 Å². The molecular weight excluding hydrogens is 260 g/mol. The number of hydrogen-bond acceptors (Lipinski definition) is 4. The predicted octanol–water partition coefficient (Wildman–Crippen LogP) is 2.79. The van der Waals surface area contributed by atoms with Crippen molar-refractivity contribution in [3.05, 3.63) is 33.5 Å². The summed E-state index contributed by atoms with van der Waals surface area (Å²) in [4.78, 5) is 18.6. The van der Waals surface area contributed by atoms with Gasteiger partial charge in [0.1, 0.15) is 5.82 Å². The van der Waals surface area contributed by atoms with Crippen LogP contribution in [0.1, 0.15) is 58.9 Å². The number of nitrogens with zero attached hydrogens (tertiary/aromatic N) is 2. The molecule has 5 nitrogen and oxygen atoms in total. The van der Waals surface area contributed by atoms with Crippen molar-refractivity contribution in [1.29, 1.82) is 0 Å². The number of hydrogen-bond donors (Lipinski definition) is 2. The van der Waals surface area contributed by atoms with Crippen LogP contribution < -0.4 is 5.32 Å². The molecule has 0 bridgehead atoms. The number of aromatic nitrogens is 3. The molecule has 102 valence electrons. The number of rotatable bonds is 4. The van der Waals surface area contributed by atoms with Gasteiger partial charge in [-0.3, -0.25) is 9.89 Å². The van der Waals surface area contributed by atoms with Crippen molar-refractivity contribution in [2.45, 2.75) is 39.7 Å². The third-order valence-corrected chi connectivity index (χ3v) is 3.97. The van der Waals surface area contributed by atoms with E-state index in [2.05, 4.69) is 20.5 Å². The van der Waals surface area contributed by atoms with Crippen molar-refractivity contribution >= 4 is 17.2 Å². The molecule has 0 aliphatic rings. The molecule has 2 aromatic rings. The molecule has 0 saturated heterocycles. The fourth-order valence-electron chi connectivity index (χ4n) is 1.65. The Hall–Kier alpha value is -1.69. The highest BCUT2D eigenvalue weighted by Gasteiger charge is 2.17. The van der Waals surface area contributed by atoms with Gasteiger partial charge in [0, 0.05) is 15.7 Å². The third kappa shape index (κ3) is 3.20. The Morgan fingerprint density at radius 3 is 2.63 bits per heavy atom. The van der Waals surface area contributed by atoms with Crippen LogP contribution in [0.3, 0.4) is 0 Å². The Morgan fingerprint density at radius 2 is 2.11 bits per heavy atom. The van der Waals surface area contributed by atoms with E-state index >= 15 is 0 Å². The fraction of sp³-hybridized carbons (Fsp3) is 0.462. The largest absolute Gasteiger partial charge is 0.342 e. The summed E-state index contributed by atoms with van der Waals surface area (Å²) in [6.07, 6.45) is 0. The van der Waals surface area contributed by atoms with Gasteiger partial charge in [0.05, 0.1) is 6.04 Å². The van der Waals surface area contributed by atoms with Crippen molar-refractivity contribution < 1.29 is 4.79 Å². The average molecular weight is 278 g/mol. The van der Waals surface area contributed by atoms with Gasteiger partial charge >= 0.3 is 0 Å². The number of H-pyrrole nitrogens is 1. The van der Waals surface area contributed by atoms with E-state index in [1.165, 1.54) is 4.88 Å². The summed E-state index contributed by atoms with van der Waals surface area (Å²) in [6, 6.07) is 4.04. The van der Waals surface area contributed by atoms with Crippen molar-refractivity contribution in [3.63, 3.8) is 0 Å². The number of carbonyl (C=O) groups excluding carboxylic acids is 1. The van der Waals surface area contributed by atoms with Gasteiger partial charge in [-0.25, -0.2) is 4.98 Å². The number of carbonyl (C=O) groups is 1. The van der Waals surface area contributed by atoms with Crippen LogP contribution >= 0.6 is 11.3 Å². The highest BCUT2D eigenvalue weighted by atomic mass is 32.1. The van der Waals surface area contributed by atoms with E-state index in [4.69, 9.17) is 0 Å². The normalized spacial score (nSPS) is 12.7. The topological polar surface area (TPSA) is 70.7 Å². The predicted molar refractivity (Wildman–Crippen MR) is 75.4 cm³/mol. The maximum atomic E-state index is 12.0. The maximum absolute atomic E-state index is 12.0. The lowest BCUT2D eigenvalue weighted by Crippen LogP contribution is -2.27. The van der Waals surface area contributed by atoms with Crippen LogP contribution in [0.5, 0.6) is 0 Å². The minimum Gasteiger partial charge on any atom is -0.342 e. The van der Waals surface area contributed by atoms with E-state index < -0.39 is 0 Å². The van der Waals surface area contributed by atoms with Crippen molar-refractivity contribution in [2.24, 2.45) is 0 Å². The molecule has 1 atom stereocenters. The Kier molecular flexibility index (Phi) is 3.99. The second-order valence-electron chi connectivity index (χ2n) is 4.84. The maximum Gasteiger partial charge on any atom is 0.291 e. The van der Waals surface area contributed by atoms with Crippen LogP contribution in [0.2, 0.25) is 0 Å². The lowest BCUT2D eigenvalue weighted by atomic mass is 10.2. The van der Waals surface area contributed by atoms with Gasteiger partial charge in [-0.1, -0.05) is 13.8 Å².